The van der Waals surface area contributed by atoms with Gasteiger partial charge in [0.2, 0.25) is 17.6 Å². The number of aryl methyl sites for hydroxylation is 2. The molecule has 0 saturated carbocycles. The Balaban J connectivity index is 1.99. The quantitative estimate of drug-likeness (QED) is 0.431. The van der Waals surface area contributed by atoms with Crippen molar-refractivity contribution >= 4 is 34.6 Å². The van der Waals surface area contributed by atoms with Gasteiger partial charge in [-0.3, -0.25) is 10.1 Å². The summed E-state index contributed by atoms with van der Waals surface area (Å²) in [4.78, 5) is 19.1. The minimum atomic E-state index is -0.603. The van der Waals surface area contributed by atoms with Crippen molar-refractivity contribution in [2.45, 2.75) is 13.8 Å². The first-order chi connectivity index (χ1) is 13.4. The minimum absolute atomic E-state index is 0.00569. The van der Waals surface area contributed by atoms with Crippen LogP contribution in [0.2, 0.25) is 0 Å². The van der Waals surface area contributed by atoms with Gasteiger partial charge >= 0.3 is 5.69 Å². The van der Waals surface area contributed by atoms with E-state index in [0.29, 0.717) is 17.1 Å². The number of ether oxygens (including phenoxy) is 1. The van der Waals surface area contributed by atoms with Gasteiger partial charge < -0.3 is 21.1 Å². The number of nitro groups is 1. The van der Waals surface area contributed by atoms with Crippen LogP contribution >= 0.6 is 0 Å². The number of nitrogen functional groups attached to an aromatic ring is 1. The zero-order valence-corrected chi connectivity index (χ0v) is 15.7. The summed E-state index contributed by atoms with van der Waals surface area (Å²) in [5.74, 6) is 0.541. The van der Waals surface area contributed by atoms with E-state index in [1.807, 2.05) is 32.0 Å². The minimum Gasteiger partial charge on any atom is -0.497 e. The Morgan fingerprint density at radius 3 is 2.46 bits per heavy atom. The maximum Gasteiger partial charge on any atom is 0.353 e. The first kappa shape index (κ1) is 18.9. The molecule has 0 radical (unpaired) electrons. The molecule has 0 fully saturated rings. The Bertz CT molecular complexity index is 1040. The molecular formula is C19H20N6O3. The second-order valence-corrected chi connectivity index (χ2v) is 6.17. The van der Waals surface area contributed by atoms with E-state index in [1.54, 1.807) is 31.4 Å². The number of hydrogen-bond donors (Lipinski definition) is 3. The number of nitrogens with one attached hydrogen (secondary N) is 2. The van der Waals surface area contributed by atoms with Crippen LogP contribution in [0.5, 0.6) is 5.75 Å². The summed E-state index contributed by atoms with van der Waals surface area (Å²) in [5, 5.41) is 17.4. The maximum absolute atomic E-state index is 11.5. The van der Waals surface area contributed by atoms with Crippen molar-refractivity contribution < 1.29 is 9.66 Å². The molecule has 9 heteroatoms. The molecule has 0 bridgehead atoms. The molecule has 0 aliphatic heterocycles. The lowest BCUT2D eigenvalue weighted by molar-refractivity contribution is -0.383. The molecule has 0 aliphatic rings. The third-order valence-electron chi connectivity index (χ3n) is 4.19. The van der Waals surface area contributed by atoms with Gasteiger partial charge in [-0.05, 0) is 49.2 Å². The summed E-state index contributed by atoms with van der Waals surface area (Å²) < 4.78 is 5.18. The van der Waals surface area contributed by atoms with Crippen LogP contribution in [0.4, 0.5) is 34.6 Å². The molecule has 0 unspecified atom stereocenters. The summed E-state index contributed by atoms with van der Waals surface area (Å²) in [6, 6.07) is 12.7. The first-order valence-electron chi connectivity index (χ1n) is 8.44. The van der Waals surface area contributed by atoms with E-state index in [2.05, 4.69) is 20.6 Å². The highest BCUT2D eigenvalue weighted by atomic mass is 16.6. The molecule has 9 nitrogen and oxygen atoms in total. The molecule has 3 rings (SSSR count). The zero-order chi connectivity index (χ0) is 20.3. The van der Waals surface area contributed by atoms with Crippen LogP contribution in [0.15, 0.2) is 42.5 Å². The molecule has 3 aromatic rings. The van der Waals surface area contributed by atoms with Crippen LogP contribution in [0.3, 0.4) is 0 Å². The number of anilines is 5. The Morgan fingerprint density at radius 2 is 1.79 bits per heavy atom. The lowest BCUT2D eigenvalue weighted by atomic mass is 10.1. The largest absolute Gasteiger partial charge is 0.497 e. The van der Waals surface area contributed by atoms with E-state index in [9.17, 15) is 10.1 Å². The monoisotopic (exact) mass is 380 g/mol. The second-order valence-electron chi connectivity index (χ2n) is 6.17. The first-order valence-corrected chi connectivity index (χ1v) is 8.44. The number of nitrogens with two attached hydrogens (primary N) is 1. The predicted molar refractivity (Wildman–Crippen MR) is 109 cm³/mol. The van der Waals surface area contributed by atoms with Gasteiger partial charge in [-0.15, -0.1) is 0 Å². The summed E-state index contributed by atoms with van der Waals surface area (Å²) in [7, 11) is 1.56. The Kier molecular flexibility index (Phi) is 5.25. The smallest absolute Gasteiger partial charge is 0.353 e. The van der Waals surface area contributed by atoms with Gasteiger partial charge in [0, 0.05) is 17.4 Å². The lowest BCUT2D eigenvalue weighted by Gasteiger charge is -2.12. The summed E-state index contributed by atoms with van der Waals surface area (Å²) in [6.07, 6.45) is 0. The van der Waals surface area contributed by atoms with Crippen LogP contribution in [-0.2, 0) is 0 Å². The second kappa shape index (κ2) is 7.78. The van der Waals surface area contributed by atoms with Crippen molar-refractivity contribution in [3.63, 3.8) is 0 Å². The molecular weight excluding hydrogens is 360 g/mol. The number of methoxy groups -OCH3 is 1. The van der Waals surface area contributed by atoms with Crippen molar-refractivity contribution in [2.24, 2.45) is 0 Å². The fraction of sp³-hybridized carbons (Fsp3) is 0.158. The molecule has 0 amide bonds. The Morgan fingerprint density at radius 1 is 1.04 bits per heavy atom. The fourth-order valence-electron chi connectivity index (χ4n) is 2.58. The van der Waals surface area contributed by atoms with Crippen LogP contribution < -0.4 is 21.1 Å². The van der Waals surface area contributed by atoms with E-state index >= 15 is 0 Å². The van der Waals surface area contributed by atoms with E-state index in [0.717, 1.165) is 11.1 Å². The van der Waals surface area contributed by atoms with Crippen molar-refractivity contribution in [3.8, 4) is 5.75 Å². The van der Waals surface area contributed by atoms with Crippen LogP contribution in [0.25, 0.3) is 0 Å². The molecule has 4 N–H and O–H groups in total. The SMILES string of the molecule is COc1cccc(Nc2nc(N)c([N+](=O)[O-])c(Nc3ccc(C)c(C)c3)n2)c1. The number of benzene rings is 2. The Hall–Kier alpha value is -3.88. The number of hydrogen-bond acceptors (Lipinski definition) is 8. The molecule has 0 aliphatic carbocycles. The van der Waals surface area contributed by atoms with Crippen molar-refractivity contribution in [1.29, 1.82) is 0 Å². The molecule has 1 heterocycles. The average Bonchev–Trinajstić information content (AvgIpc) is 2.64. The highest BCUT2D eigenvalue weighted by Crippen LogP contribution is 2.32. The topological polar surface area (TPSA) is 128 Å². The summed E-state index contributed by atoms with van der Waals surface area (Å²) in [6.45, 7) is 3.94. The van der Waals surface area contributed by atoms with Crippen molar-refractivity contribution in [1.82, 2.24) is 9.97 Å². The van der Waals surface area contributed by atoms with Crippen LogP contribution in [-0.4, -0.2) is 22.0 Å². The molecule has 144 valence electrons. The van der Waals surface area contributed by atoms with Crippen LogP contribution in [0, 0.1) is 24.0 Å². The van der Waals surface area contributed by atoms with Crippen molar-refractivity contribution in [2.75, 3.05) is 23.5 Å². The predicted octanol–water partition coefficient (Wildman–Crippen LogP) is 4.08. The standard InChI is InChI=1S/C19H20N6O3/c1-11-7-8-14(9-12(11)2)21-18-16(25(26)27)17(20)23-19(24-18)22-13-5-4-6-15(10-13)28-3/h4-10H,1-3H3,(H4,20,21,22,23,24). The average molecular weight is 380 g/mol. The van der Waals surface area contributed by atoms with Gasteiger partial charge in [-0.1, -0.05) is 12.1 Å². The molecule has 1 aromatic heterocycles. The fourth-order valence-corrected chi connectivity index (χ4v) is 2.58. The normalized spacial score (nSPS) is 10.4. The van der Waals surface area contributed by atoms with E-state index in [4.69, 9.17) is 10.5 Å². The highest BCUT2D eigenvalue weighted by molar-refractivity contribution is 5.75. The highest BCUT2D eigenvalue weighted by Gasteiger charge is 2.23. The lowest BCUT2D eigenvalue weighted by Crippen LogP contribution is -2.08. The summed E-state index contributed by atoms with van der Waals surface area (Å²) >= 11 is 0. The summed E-state index contributed by atoms with van der Waals surface area (Å²) in [5.41, 5.74) is 8.94. The van der Waals surface area contributed by atoms with E-state index in [1.165, 1.54) is 0 Å². The number of nitrogens with zero attached hydrogens (tertiary/aromatic N) is 3. The van der Waals surface area contributed by atoms with E-state index in [-0.39, 0.29) is 23.3 Å². The van der Waals surface area contributed by atoms with E-state index < -0.39 is 4.92 Å². The molecule has 2 aromatic carbocycles. The van der Waals surface area contributed by atoms with Gasteiger partial charge in [-0.25, -0.2) is 0 Å². The number of rotatable bonds is 6. The van der Waals surface area contributed by atoms with Crippen LogP contribution in [0.1, 0.15) is 11.1 Å². The van der Waals surface area contributed by atoms with Gasteiger partial charge in [0.15, 0.2) is 0 Å². The third-order valence-corrected chi connectivity index (χ3v) is 4.19. The van der Waals surface area contributed by atoms with Gasteiger partial charge in [0.25, 0.3) is 0 Å². The zero-order valence-electron chi connectivity index (χ0n) is 15.7. The molecule has 0 atom stereocenters. The van der Waals surface area contributed by atoms with Gasteiger partial charge in [0.05, 0.1) is 12.0 Å². The molecule has 28 heavy (non-hydrogen) atoms. The maximum atomic E-state index is 11.5. The molecule has 0 saturated heterocycles. The molecule has 0 spiro atoms. The Labute approximate surface area is 161 Å². The number of aromatic nitrogens is 2. The van der Waals surface area contributed by atoms with Gasteiger partial charge in [-0.2, -0.15) is 9.97 Å². The van der Waals surface area contributed by atoms with Gasteiger partial charge in [0.1, 0.15) is 5.75 Å². The third kappa shape index (κ3) is 4.09. The van der Waals surface area contributed by atoms with Crippen molar-refractivity contribution in [3.05, 3.63) is 63.7 Å².